The summed E-state index contributed by atoms with van der Waals surface area (Å²) in [6.45, 7) is 5.33. The van der Waals surface area contributed by atoms with Gasteiger partial charge in [-0.15, -0.1) is 0 Å². The molecule has 0 amide bonds. The van der Waals surface area contributed by atoms with Crippen molar-refractivity contribution in [2.45, 2.75) is 51.6 Å². The zero-order valence-electron chi connectivity index (χ0n) is 14.5. The Morgan fingerprint density at radius 3 is 2.76 bits per heavy atom. The molecule has 2 unspecified atom stereocenters. The van der Waals surface area contributed by atoms with Crippen molar-refractivity contribution >= 4 is 16.9 Å². The summed E-state index contributed by atoms with van der Waals surface area (Å²) in [6, 6.07) is 3.35. The fourth-order valence-corrected chi connectivity index (χ4v) is 3.89. The Morgan fingerprint density at radius 1 is 1.36 bits per heavy atom. The Bertz CT molecular complexity index is 875. The Balaban J connectivity index is 2.12. The maximum Gasteiger partial charge on any atom is 0.341 e. The number of aryl methyl sites for hydroxylation is 1. The highest BCUT2D eigenvalue weighted by Crippen LogP contribution is 2.37. The summed E-state index contributed by atoms with van der Waals surface area (Å²) in [6.07, 6.45) is 4.14. The van der Waals surface area contributed by atoms with Gasteiger partial charge in [0.1, 0.15) is 11.4 Å². The minimum absolute atomic E-state index is 0.119. The fourth-order valence-electron chi connectivity index (χ4n) is 3.89. The first-order valence-electron chi connectivity index (χ1n) is 8.79. The van der Waals surface area contributed by atoms with Gasteiger partial charge in [0, 0.05) is 24.2 Å². The van der Waals surface area contributed by atoms with E-state index >= 15 is 0 Å². The van der Waals surface area contributed by atoms with Gasteiger partial charge in [0.25, 0.3) is 0 Å². The van der Waals surface area contributed by atoms with Crippen LogP contribution in [0.25, 0.3) is 10.9 Å². The molecule has 2 aromatic rings. The average Bonchev–Trinajstić information content (AvgIpc) is 3.03. The number of carbonyl (C=O) groups is 1. The lowest BCUT2D eigenvalue weighted by Gasteiger charge is -2.16. The minimum atomic E-state index is -1.29. The Kier molecular flexibility index (Phi) is 4.90. The molecule has 6 heteroatoms. The minimum Gasteiger partial charge on any atom is -0.477 e. The fraction of sp³-hybridized carbons (Fsp3) is 0.474. The van der Waals surface area contributed by atoms with Crippen LogP contribution in [0.1, 0.15) is 54.9 Å². The van der Waals surface area contributed by atoms with E-state index in [1.165, 1.54) is 12.3 Å². The van der Waals surface area contributed by atoms with E-state index in [0.29, 0.717) is 23.7 Å². The number of benzene rings is 1. The molecular formula is C19H23FN2O3. The quantitative estimate of drug-likeness (QED) is 0.873. The van der Waals surface area contributed by atoms with Crippen LogP contribution in [0, 0.1) is 5.82 Å². The standard InChI is InChI=1S/C19H23FN2O3/c1-3-21-12-6-5-11(7-12)13-9-17-14(8-16(13)20)18(23)15(19(24)25)10-22(17)4-2/h8-12,21H,3-7H2,1-2H3,(H,24,25). The van der Waals surface area contributed by atoms with Crippen molar-refractivity contribution in [2.75, 3.05) is 6.54 Å². The summed E-state index contributed by atoms with van der Waals surface area (Å²) < 4.78 is 16.4. The third-order valence-corrected chi connectivity index (χ3v) is 5.13. The predicted molar refractivity (Wildman–Crippen MR) is 94.9 cm³/mol. The van der Waals surface area contributed by atoms with Gasteiger partial charge in [0.2, 0.25) is 5.43 Å². The molecule has 1 aromatic heterocycles. The first kappa shape index (κ1) is 17.6. The van der Waals surface area contributed by atoms with E-state index in [9.17, 15) is 19.1 Å². The summed E-state index contributed by atoms with van der Waals surface area (Å²) in [5.41, 5.74) is 0.266. The van der Waals surface area contributed by atoms with E-state index < -0.39 is 17.2 Å². The second kappa shape index (κ2) is 6.96. The zero-order valence-corrected chi connectivity index (χ0v) is 14.5. The van der Waals surface area contributed by atoms with Crippen molar-refractivity contribution in [3.05, 3.63) is 45.5 Å². The number of hydrogen-bond acceptors (Lipinski definition) is 3. The van der Waals surface area contributed by atoms with Gasteiger partial charge < -0.3 is 15.0 Å². The molecular weight excluding hydrogens is 323 g/mol. The molecule has 0 radical (unpaired) electrons. The van der Waals surface area contributed by atoms with E-state index in [1.54, 1.807) is 10.6 Å². The van der Waals surface area contributed by atoms with Crippen LogP contribution in [-0.2, 0) is 6.54 Å². The lowest BCUT2D eigenvalue weighted by Crippen LogP contribution is -2.25. The van der Waals surface area contributed by atoms with Gasteiger partial charge in [0.15, 0.2) is 0 Å². The lowest BCUT2D eigenvalue weighted by atomic mass is 9.95. The van der Waals surface area contributed by atoms with Crippen molar-refractivity contribution in [2.24, 2.45) is 0 Å². The van der Waals surface area contributed by atoms with Gasteiger partial charge >= 0.3 is 5.97 Å². The maximum absolute atomic E-state index is 14.7. The molecule has 0 bridgehead atoms. The van der Waals surface area contributed by atoms with Gasteiger partial charge in [-0.3, -0.25) is 4.79 Å². The Morgan fingerprint density at radius 2 is 2.12 bits per heavy atom. The molecule has 134 valence electrons. The monoisotopic (exact) mass is 346 g/mol. The molecule has 25 heavy (non-hydrogen) atoms. The Labute approximate surface area is 145 Å². The van der Waals surface area contributed by atoms with Crippen LogP contribution in [0.2, 0.25) is 0 Å². The smallest absolute Gasteiger partial charge is 0.341 e. The maximum atomic E-state index is 14.7. The molecule has 2 N–H and O–H groups in total. The molecule has 1 fully saturated rings. The number of aromatic nitrogens is 1. The van der Waals surface area contributed by atoms with E-state index in [2.05, 4.69) is 12.2 Å². The number of pyridine rings is 1. The van der Waals surface area contributed by atoms with Crippen molar-refractivity contribution in [1.82, 2.24) is 9.88 Å². The van der Waals surface area contributed by atoms with Crippen LogP contribution in [0.5, 0.6) is 0 Å². The van der Waals surface area contributed by atoms with Crippen molar-refractivity contribution in [1.29, 1.82) is 0 Å². The summed E-state index contributed by atoms with van der Waals surface area (Å²) in [5.74, 6) is -1.59. The number of hydrogen-bond donors (Lipinski definition) is 2. The number of rotatable bonds is 5. The number of halogens is 1. The molecule has 0 aliphatic heterocycles. The summed E-state index contributed by atoms with van der Waals surface area (Å²) in [5, 5.41) is 12.7. The van der Waals surface area contributed by atoms with E-state index in [4.69, 9.17) is 0 Å². The highest BCUT2D eigenvalue weighted by Gasteiger charge is 2.28. The number of aromatic carboxylic acids is 1. The highest BCUT2D eigenvalue weighted by molar-refractivity contribution is 5.92. The van der Waals surface area contributed by atoms with Crippen LogP contribution in [0.15, 0.2) is 23.1 Å². The third-order valence-electron chi connectivity index (χ3n) is 5.13. The van der Waals surface area contributed by atoms with Crippen molar-refractivity contribution < 1.29 is 14.3 Å². The second-order valence-electron chi connectivity index (χ2n) is 6.62. The molecule has 5 nitrogen and oxygen atoms in total. The van der Waals surface area contributed by atoms with Gasteiger partial charge in [-0.2, -0.15) is 0 Å². The van der Waals surface area contributed by atoms with Crippen molar-refractivity contribution in [3.63, 3.8) is 0 Å². The SMILES string of the molecule is CCNC1CCC(c2cc3c(cc2F)c(=O)c(C(=O)O)cn3CC)C1. The van der Waals surface area contributed by atoms with E-state index in [0.717, 1.165) is 25.8 Å². The number of carboxylic acids is 1. The summed E-state index contributed by atoms with van der Waals surface area (Å²) in [4.78, 5) is 23.7. The first-order valence-corrected chi connectivity index (χ1v) is 8.79. The van der Waals surface area contributed by atoms with Gasteiger partial charge in [-0.1, -0.05) is 6.92 Å². The first-order chi connectivity index (χ1) is 12.0. The Hall–Kier alpha value is -2.21. The molecule has 3 rings (SSSR count). The van der Waals surface area contributed by atoms with Crippen LogP contribution >= 0.6 is 0 Å². The highest BCUT2D eigenvalue weighted by atomic mass is 19.1. The van der Waals surface area contributed by atoms with Gasteiger partial charge in [-0.05, 0) is 56.3 Å². The van der Waals surface area contributed by atoms with E-state index in [1.807, 2.05) is 6.92 Å². The number of carboxylic acid groups (broad SMARTS) is 1. The number of fused-ring (bicyclic) bond motifs is 1. The van der Waals surface area contributed by atoms with Crippen LogP contribution in [0.4, 0.5) is 4.39 Å². The molecule has 1 aliphatic carbocycles. The van der Waals surface area contributed by atoms with Crippen molar-refractivity contribution in [3.8, 4) is 0 Å². The molecule has 1 aliphatic rings. The van der Waals surface area contributed by atoms with E-state index in [-0.39, 0.29) is 16.9 Å². The normalized spacial score (nSPS) is 20.3. The molecule has 1 heterocycles. The zero-order chi connectivity index (χ0) is 18.1. The predicted octanol–water partition coefficient (Wildman–Crippen LogP) is 3.10. The summed E-state index contributed by atoms with van der Waals surface area (Å²) in [7, 11) is 0. The molecule has 2 atom stereocenters. The van der Waals surface area contributed by atoms with Crippen LogP contribution in [-0.4, -0.2) is 28.2 Å². The molecule has 0 saturated heterocycles. The van der Waals surface area contributed by atoms with Gasteiger partial charge in [-0.25, -0.2) is 9.18 Å². The van der Waals surface area contributed by atoms with Gasteiger partial charge in [0.05, 0.1) is 5.52 Å². The number of nitrogens with one attached hydrogen (secondary N) is 1. The molecule has 1 saturated carbocycles. The number of nitrogens with zero attached hydrogens (tertiary/aromatic N) is 1. The largest absolute Gasteiger partial charge is 0.477 e. The molecule has 1 aromatic carbocycles. The average molecular weight is 346 g/mol. The van der Waals surface area contributed by atoms with Crippen LogP contribution in [0.3, 0.4) is 0 Å². The topological polar surface area (TPSA) is 71.3 Å². The third kappa shape index (κ3) is 3.18. The summed E-state index contributed by atoms with van der Waals surface area (Å²) >= 11 is 0. The lowest BCUT2D eigenvalue weighted by molar-refractivity contribution is 0.0695. The van der Waals surface area contributed by atoms with Crippen LogP contribution < -0.4 is 10.7 Å². The molecule has 0 spiro atoms. The second-order valence-corrected chi connectivity index (χ2v) is 6.62.